The highest BCUT2D eigenvalue weighted by molar-refractivity contribution is 5.89. The van der Waals surface area contributed by atoms with Gasteiger partial charge in [-0.3, -0.25) is 0 Å². The van der Waals surface area contributed by atoms with Crippen LogP contribution in [-0.4, -0.2) is 34.7 Å². The molecule has 0 spiro atoms. The topological polar surface area (TPSA) is 80.5 Å². The normalized spacial score (nSPS) is 17.5. The fourth-order valence-corrected chi connectivity index (χ4v) is 2.58. The number of carbonyl (C=O) groups excluding carboxylic acids is 1. The number of hydrogen-bond acceptors (Lipinski definition) is 5. The van der Waals surface area contributed by atoms with Crippen molar-refractivity contribution in [1.82, 2.24) is 15.0 Å². The number of aryl methyl sites for hydroxylation is 1. The lowest BCUT2D eigenvalue weighted by atomic mass is 10.2. The van der Waals surface area contributed by atoms with E-state index >= 15 is 0 Å². The number of carbonyl (C=O) groups is 1. The van der Waals surface area contributed by atoms with E-state index in [0.717, 1.165) is 24.3 Å². The summed E-state index contributed by atoms with van der Waals surface area (Å²) in [5.74, 6) is 1.83. The van der Waals surface area contributed by atoms with Gasteiger partial charge in [0, 0.05) is 12.2 Å². The Labute approximate surface area is 128 Å². The first-order valence-electron chi connectivity index (χ1n) is 7.19. The zero-order valence-corrected chi connectivity index (χ0v) is 12.6. The van der Waals surface area contributed by atoms with Gasteiger partial charge in [0.15, 0.2) is 5.82 Å². The number of nitrogens with zero attached hydrogens (tertiary/aromatic N) is 3. The molecule has 2 aromatic rings. The Morgan fingerprint density at radius 3 is 2.82 bits per heavy atom. The number of likely N-dealkylation sites (tertiary alicyclic amines) is 1. The maximum absolute atomic E-state index is 12.5. The minimum absolute atomic E-state index is 0.153. The third-order valence-corrected chi connectivity index (χ3v) is 3.68. The Hall–Kier alpha value is -2.57. The lowest BCUT2D eigenvalue weighted by molar-refractivity contribution is 0.193. The van der Waals surface area contributed by atoms with Gasteiger partial charge in [0.25, 0.3) is 0 Å². The SMILES string of the molecule is COc1ccc(NC(=O)N2CCCC2c2nc(C)no2)cc1. The van der Waals surface area contributed by atoms with E-state index in [1.54, 1.807) is 43.2 Å². The number of amides is 2. The van der Waals surface area contributed by atoms with Crippen LogP contribution in [0.15, 0.2) is 28.8 Å². The molecule has 7 nitrogen and oxygen atoms in total. The van der Waals surface area contributed by atoms with Crippen molar-refractivity contribution >= 4 is 11.7 Å². The average molecular weight is 302 g/mol. The number of benzene rings is 1. The summed E-state index contributed by atoms with van der Waals surface area (Å²) in [6, 6.07) is 6.90. The summed E-state index contributed by atoms with van der Waals surface area (Å²) in [5.41, 5.74) is 0.721. The van der Waals surface area contributed by atoms with Gasteiger partial charge in [-0.2, -0.15) is 4.98 Å². The van der Waals surface area contributed by atoms with Gasteiger partial charge in [0.2, 0.25) is 5.89 Å². The van der Waals surface area contributed by atoms with Crippen molar-refractivity contribution < 1.29 is 14.1 Å². The molecule has 1 aliphatic rings. The summed E-state index contributed by atoms with van der Waals surface area (Å²) in [6.07, 6.45) is 1.75. The molecule has 1 atom stereocenters. The van der Waals surface area contributed by atoms with Crippen LogP contribution in [-0.2, 0) is 0 Å². The third-order valence-electron chi connectivity index (χ3n) is 3.68. The first-order chi connectivity index (χ1) is 10.7. The van der Waals surface area contributed by atoms with Crippen LogP contribution in [0.1, 0.15) is 30.6 Å². The Morgan fingerprint density at radius 1 is 1.41 bits per heavy atom. The predicted octanol–water partition coefficient (Wildman–Crippen LogP) is 2.76. The molecule has 0 saturated carbocycles. The van der Waals surface area contributed by atoms with E-state index in [1.807, 2.05) is 0 Å². The lowest BCUT2D eigenvalue weighted by Crippen LogP contribution is -2.34. The standard InChI is InChI=1S/C15H18N4O3/c1-10-16-14(22-18-10)13-4-3-9-19(13)15(20)17-11-5-7-12(21-2)8-6-11/h5-8,13H,3-4,9H2,1-2H3,(H,17,20). The van der Waals surface area contributed by atoms with Crippen LogP contribution < -0.4 is 10.1 Å². The van der Waals surface area contributed by atoms with Gasteiger partial charge in [-0.15, -0.1) is 0 Å². The molecule has 1 aromatic carbocycles. The first-order valence-corrected chi connectivity index (χ1v) is 7.19. The molecule has 1 N–H and O–H groups in total. The molecule has 116 valence electrons. The van der Waals surface area contributed by atoms with E-state index in [-0.39, 0.29) is 12.1 Å². The fraction of sp³-hybridized carbons (Fsp3) is 0.400. The second kappa shape index (κ2) is 6.05. The second-order valence-corrected chi connectivity index (χ2v) is 5.19. The number of nitrogens with one attached hydrogen (secondary N) is 1. The van der Waals surface area contributed by atoms with Crippen LogP contribution in [0.2, 0.25) is 0 Å². The molecule has 0 radical (unpaired) electrons. The highest BCUT2D eigenvalue weighted by Crippen LogP contribution is 2.31. The number of hydrogen-bond donors (Lipinski definition) is 1. The van der Waals surface area contributed by atoms with Crippen LogP contribution in [0, 0.1) is 6.92 Å². The van der Waals surface area contributed by atoms with E-state index in [2.05, 4.69) is 15.5 Å². The van der Waals surface area contributed by atoms with Gasteiger partial charge in [-0.1, -0.05) is 5.16 Å². The maximum Gasteiger partial charge on any atom is 0.322 e. The number of urea groups is 1. The number of rotatable bonds is 3. The van der Waals surface area contributed by atoms with E-state index < -0.39 is 0 Å². The summed E-state index contributed by atoms with van der Waals surface area (Å²) in [5, 5.41) is 6.68. The highest BCUT2D eigenvalue weighted by Gasteiger charge is 2.33. The van der Waals surface area contributed by atoms with E-state index in [1.165, 1.54) is 0 Å². The van der Waals surface area contributed by atoms with Gasteiger partial charge in [-0.25, -0.2) is 4.79 Å². The molecule has 0 bridgehead atoms. The van der Waals surface area contributed by atoms with Crippen molar-refractivity contribution in [3.63, 3.8) is 0 Å². The summed E-state index contributed by atoms with van der Waals surface area (Å²) >= 11 is 0. The Bertz CT molecular complexity index is 653. The number of ether oxygens (including phenoxy) is 1. The van der Waals surface area contributed by atoms with Crippen molar-refractivity contribution in [1.29, 1.82) is 0 Å². The Morgan fingerprint density at radius 2 is 2.18 bits per heavy atom. The molecule has 2 amide bonds. The van der Waals surface area contributed by atoms with E-state index in [0.29, 0.717) is 18.3 Å². The summed E-state index contributed by atoms with van der Waals surface area (Å²) < 4.78 is 10.3. The zero-order chi connectivity index (χ0) is 15.5. The largest absolute Gasteiger partial charge is 0.497 e. The molecule has 1 saturated heterocycles. The highest BCUT2D eigenvalue weighted by atomic mass is 16.5. The first kappa shape index (κ1) is 14.4. The molecular formula is C15H18N4O3. The van der Waals surface area contributed by atoms with Crippen LogP contribution >= 0.6 is 0 Å². The van der Waals surface area contributed by atoms with Crippen molar-refractivity contribution in [2.45, 2.75) is 25.8 Å². The Balaban J connectivity index is 1.70. The molecule has 1 aliphatic heterocycles. The molecule has 22 heavy (non-hydrogen) atoms. The maximum atomic E-state index is 12.5. The van der Waals surface area contributed by atoms with Crippen molar-refractivity contribution in [2.24, 2.45) is 0 Å². The van der Waals surface area contributed by atoms with Crippen molar-refractivity contribution in [3.05, 3.63) is 36.0 Å². The van der Waals surface area contributed by atoms with Gasteiger partial charge in [-0.05, 0) is 44.0 Å². The predicted molar refractivity (Wildman–Crippen MR) is 79.7 cm³/mol. The van der Waals surface area contributed by atoms with Gasteiger partial charge in [0.1, 0.15) is 11.8 Å². The third kappa shape index (κ3) is 2.88. The molecule has 0 aliphatic carbocycles. The van der Waals surface area contributed by atoms with E-state index in [9.17, 15) is 4.79 Å². The van der Waals surface area contributed by atoms with E-state index in [4.69, 9.17) is 9.26 Å². The smallest absolute Gasteiger partial charge is 0.322 e. The monoisotopic (exact) mass is 302 g/mol. The van der Waals surface area contributed by atoms with Crippen LogP contribution in [0.3, 0.4) is 0 Å². The molecule has 3 rings (SSSR count). The Kier molecular flexibility index (Phi) is 3.95. The zero-order valence-electron chi connectivity index (χ0n) is 12.6. The molecule has 1 fully saturated rings. The minimum Gasteiger partial charge on any atom is -0.497 e. The van der Waals surface area contributed by atoms with Gasteiger partial charge < -0.3 is 19.5 Å². The summed E-state index contributed by atoms with van der Waals surface area (Å²) in [6.45, 7) is 2.44. The summed E-state index contributed by atoms with van der Waals surface area (Å²) in [4.78, 5) is 18.4. The van der Waals surface area contributed by atoms with Crippen molar-refractivity contribution in [2.75, 3.05) is 19.0 Å². The lowest BCUT2D eigenvalue weighted by Gasteiger charge is -2.22. The second-order valence-electron chi connectivity index (χ2n) is 5.19. The molecule has 2 heterocycles. The van der Waals surface area contributed by atoms with Crippen molar-refractivity contribution in [3.8, 4) is 5.75 Å². The number of anilines is 1. The quantitative estimate of drug-likeness (QED) is 0.943. The summed E-state index contributed by atoms with van der Waals surface area (Å²) in [7, 11) is 1.61. The average Bonchev–Trinajstić information content (AvgIpc) is 3.16. The molecule has 1 unspecified atom stereocenters. The fourth-order valence-electron chi connectivity index (χ4n) is 2.58. The number of aromatic nitrogens is 2. The van der Waals surface area contributed by atoms with Crippen LogP contribution in [0.4, 0.5) is 10.5 Å². The molecule has 7 heteroatoms. The molecule has 1 aromatic heterocycles. The van der Waals surface area contributed by atoms with Crippen LogP contribution in [0.5, 0.6) is 5.75 Å². The molecular weight excluding hydrogens is 284 g/mol. The minimum atomic E-state index is -0.163. The van der Waals surface area contributed by atoms with Crippen LogP contribution in [0.25, 0.3) is 0 Å². The van der Waals surface area contributed by atoms with Gasteiger partial charge >= 0.3 is 6.03 Å². The number of methoxy groups -OCH3 is 1. The van der Waals surface area contributed by atoms with Gasteiger partial charge in [0.05, 0.1) is 7.11 Å².